The van der Waals surface area contributed by atoms with E-state index in [0.29, 0.717) is 38.4 Å². The van der Waals surface area contributed by atoms with Crippen LogP contribution in [-0.2, 0) is 19.4 Å². The lowest BCUT2D eigenvalue weighted by molar-refractivity contribution is -0.122. The Labute approximate surface area is 262 Å². The van der Waals surface area contributed by atoms with Gasteiger partial charge in [-0.05, 0) is 58.0 Å². The van der Waals surface area contributed by atoms with Gasteiger partial charge in [-0.25, -0.2) is 4.39 Å². The average molecular weight is 705 g/mol. The molecule has 0 saturated carbocycles. The minimum Gasteiger partial charge on any atom is -0.494 e. The predicted octanol–water partition coefficient (Wildman–Crippen LogP) is 7.21. The first kappa shape index (κ1) is 30.4. The number of carbonyl (C=O) groups excluding carboxylic acids is 2. The Morgan fingerprint density at radius 2 is 1.95 bits per heavy atom. The van der Waals surface area contributed by atoms with Gasteiger partial charge >= 0.3 is 0 Å². The van der Waals surface area contributed by atoms with Crippen LogP contribution < -0.4 is 20.7 Å². The van der Waals surface area contributed by atoms with Crippen LogP contribution >= 0.6 is 34.2 Å². The van der Waals surface area contributed by atoms with Crippen molar-refractivity contribution in [3.8, 4) is 5.75 Å². The minimum atomic E-state index is -1.32. The van der Waals surface area contributed by atoms with Crippen LogP contribution in [0.25, 0.3) is 0 Å². The second-order valence-electron chi connectivity index (χ2n) is 11.9. The van der Waals surface area contributed by atoms with Crippen molar-refractivity contribution in [1.29, 1.82) is 0 Å². The largest absolute Gasteiger partial charge is 0.494 e. The summed E-state index contributed by atoms with van der Waals surface area (Å²) in [6, 6.07) is 13.2. The maximum Gasteiger partial charge on any atom is 0.242 e. The molecule has 0 bridgehead atoms. The summed E-state index contributed by atoms with van der Waals surface area (Å²) < 4.78 is 22.1. The fourth-order valence-electron chi connectivity index (χ4n) is 6.39. The molecular formula is C31H31ClFIN4O4. The molecule has 0 aromatic heterocycles. The Hall–Kier alpha value is -3.09. The van der Waals surface area contributed by atoms with E-state index in [-0.39, 0.29) is 28.3 Å². The van der Waals surface area contributed by atoms with Crippen molar-refractivity contribution in [2.45, 2.75) is 55.0 Å². The van der Waals surface area contributed by atoms with Gasteiger partial charge in [0.15, 0.2) is 0 Å². The number of benzene rings is 3. The Balaban J connectivity index is 1.72. The molecule has 8 nitrogen and oxygen atoms in total. The van der Waals surface area contributed by atoms with Crippen molar-refractivity contribution in [1.82, 2.24) is 5.32 Å². The first-order valence-corrected chi connectivity index (χ1v) is 15.4. The molecule has 1 spiro atoms. The van der Waals surface area contributed by atoms with E-state index in [1.54, 1.807) is 36.4 Å². The van der Waals surface area contributed by atoms with Gasteiger partial charge in [0.05, 0.1) is 18.8 Å². The molecule has 0 unspecified atom stereocenters. The maximum absolute atomic E-state index is 16.3. The van der Waals surface area contributed by atoms with Crippen molar-refractivity contribution in [3.05, 3.63) is 87.0 Å². The molecule has 5 rings (SSSR count). The number of hydrogen-bond acceptors (Lipinski definition) is 6. The number of nitroso groups, excluding NO2 is 1. The molecular weight excluding hydrogens is 674 g/mol. The van der Waals surface area contributed by atoms with Gasteiger partial charge in [0, 0.05) is 33.2 Å². The lowest BCUT2D eigenvalue weighted by Gasteiger charge is -2.37. The molecule has 42 heavy (non-hydrogen) atoms. The highest BCUT2D eigenvalue weighted by molar-refractivity contribution is 14.1. The van der Waals surface area contributed by atoms with Gasteiger partial charge in [0.1, 0.15) is 22.7 Å². The van der Waals surface area contributed by atoms with E-state index in [9.17, 15) is 14.5 Å². The predicted molar refractivity (Wildman–Crippen MR) is 170 cm³/mol. The summed E-state index contributed by atoms with van der Waals surface area (Å²) in [5.74, 6) is -1.92. The van der Waals surface area contributed by atoms with E-state index in [4.69, 9.17) is 16.3 Å². The summed E-state index contributed by atoms with van der Waals surface area (Å²) in [6.07, 6.45) is 0.513. The van der Waals surface area contributed by atoms with Crippen LogP contribution in [-0.4, -0.2) is 31.0 Å². The molecule has 3 aromatic rings. The van der Waals surface area contributed by atoms with Crippen molar-refractivity contribution in [3.63, 3.8) is 0 Å². The van der Waals surface area contributed by atoms with Crippen LogP contribution in [0.2, 0.25) is 5.02 Å². The number of nitrogens with one attached hydrogen (secondary N) is 3. The number of rotatable bonds is 7. The number of nitrogens with zero attached hydrogens (tertiary/aromatic N) is 1. The van der Waals surface area contributed by atoms with E-state index in [0.717, 1.165) is 0 Å². The van der Waals surface area contributed by atoms with Crippen LogP contribution in [0, 0.1) is 16.1 Å². The zero-order valence-electron chi connectivity index (χ0n) is 23.6. The van der Waals surface area contributed by atoms with E-state index in [2.05, 4.69) is 64.5 Å². The molecule has 0 radical (unpaired) electrons. The first-order chi connectivity index (χ1) is 19.9. The van der Waals surface area contributed by atoms with E-state index < -0.39 is 35.1 Å². The van der Waals surface area contributed by atoms with Gasteiger partial charge in [-0.3, -0.25) is 9.59 Å². The number of ether oxygens (including phenoxy) is 1. The summed E-state index contributed by atoms with van der Waals surface area (Å²) in [5, 5.41) is 12.7. The number of hydrogen-bond donors (Lipinski definition) is 3. The maximum atomic E-state index is 16.3. The van der Waals surface area contributed by atoms with Crippen molar-refractivity contribution in [2.24, 2.45) is 10.6 Å². The average Bonchev–Trinajstić information content (AvgIpc) is 3.42. The summed E-state index contributed by atoms with van der Waals surface area (Å²) in [4.78, 5) is 39.6. The highest BCUT2D eigenvalue weighted by atomic mass is 127. The third-order valence-electron chi connectivity index (χ3n) is 8.04. The van der Waals surface area contributed by atoms with Crippen LogP contribution in [0.15, 0.2) is 59.8 Å². The minimum absolute atomic E-state index is 0.140. The molecule has 11 heteroatoms. The Bertz CT molecular complexity index is 1580. The van der Waals surface area contributed by atoms with Gasteiger partial charge in [0.25, 0.3) is 0 Å². The van der Waals surface area contributed by atoms with Crippen LogP contribution in [0.3, 0.4) is 0 Å². The summed E-state index contributed by atoms with van der Waals surface area (Å²) >= 11 is 8.42. The normalized spacial score (nSPS) is 23.0. The number of methoxy groups -OCH3 is 1. The number of carbonyl (C=O) groups is 2. The van der Waals surface area contributed by atoms with Crippen molar-refractivity contribution in [2.75, 3.05) is 17.7 Å². The number of amides is 2. The molecule has 3 aromatic carbocycles. The fourth-order valence-corrected chi connectivity index (χ4v) is 7.15. The first-order valence-electron chi connectivity index (χ1n) is 13.5. The van der Waals surface area contributed by atoms with Gasteiger partial charge in [-0.1, -0.05) is 79.2 Å². The van der Waals surface area contributed by atoms with Crippen LogP contribution in [0.1, 0.15) is 49.8 Å². The zero-order chi connectivity index (χ0) is 30.4. The Morgan fingerprint density at radius 1 is 1.19 bits per heavy atom. The second kappa shape index (κ2) is 11.5. The van der Waals surface area contributed by atoms with Crippen LogP contribution in [0.5, 0.6) is 5.75 Å². The summed E-state index contributed by atoms with van der Waals surface area (Å²) in [6.45, 7) is 6.18. The third kappa shape index (κ3) is 5.17. The van der Waals surface area contributed by atoms with E-state index >= 15 is 4.39 Å². The van der Waals surface area contributed by atoms with E-state index in [1.807, 2.05) is 0 Å². The van der Waals surface area contributed by atoms with E-state index in [1.165, 1.54) is 25.3 Å². The summed E-state index contributed by atoms with van der Waals surface area (Å²) in [5.41, 5.74) is 0.846. The van der Waals surface area contributed by atoms with Gasteiger partial charge in [0.2, 0.25) is 11.8 Å². The quantitative estimate of drug-likeness (QED) is 0.137. The van der Waals surface area contributed by atoms with Gasteiger partial charge in [-0.2, -0.15) is 0 Å². The molecule has 4 atom stereocenters. The SMILES string of the molecule is COc1cc(N=O)ccc1NC(=O)[C@@H]1N[C@@H](CC(C)(C)C)[C@@]2(C(=O)Nc3cc(Cl)ccc32)[C@H]1c1cccc(CI)c1F. The smallest absolute Gasteiger partial charge is 0.242 e. The summed E-state index contributed by atoms with van der Waals surface area (Å²) in [7, 11) is 1.42. The number of halogens is 3. The van der Waals surface area contributed by atoms with Gasteiger partial charge in [-0.15, -0.1) is 4.91 Å². The molecule has 2 aliphatic rings. The standard InChI is InChI=1S/C31H31ClFIN4O4/c1-30(2,3)14-24-31(20-10-8-17(32)12-22(20)36-29(31)40)25(19-7-5-6-16(15-34)26(19)33)27(37-24)28(39)35-21-11-9-18(38-41)13-23(21)42-4/h5-13,24-25,27,37H,14-15H2,1-4H3,(H,35,39)(H,36,40)/t24-,25-,27+,31+/m0/s1. The molecule has 2 aliphatic heterocycles. The molecule has 0 aliphatic carbocycles. The molecule has 2 heterocycles. The molecule has 220 valence electrons. The molecule has 2 amide bonds. The van der Waals surface area contributed by atoms with Crippen LogP contribution in [0.4, 0.5) is 21.5 Å². The number of fused-ring (bicyclic) bond motifs is 2. The molecule has 1 saturated heterocycles. The lowest BCUT2D eigenvalue weighted by atomic mass is 9.62. The monoisotopic (exact) mass is 704 g/mol. The zero-order valence-corrected chi connectivity index (χ0v) is 26.5. The van der Waals surface area contributed by atoms with Crippen molar-refractivity contribution >= 4 is 63.1 Å². The fraction of sp³-hybridized carbons (Fsp3) is 0.355. The third-order valence-corrected chi connectivity index (χ3v) is 9.10. The highest BCUT2D eigenvalue weighted by Gasteiger charge is 2.66. The number of alkyl halides is 1. The molecule has 1 fully saturated rings. The van der Waals surface area contributed by atoms with Gasteiger partial charge < -0.3 is 20.7 Å². The highest BCUT2D eigenvalue weighted by Crippen LogP contribution is 2.57. The number of anilines is 2. The molecule has 3 N–H and O–H groups in total. The Kier molecular flexibility index (Phi) is 8.34. The second-order valence-corrected chi connectivity index (χ2v) is 13.1. The lowest BCUT2D eigenvalue weighted by Crippen LogP contribution is -2.49. The Morgan fingerprint density at radius 3 is 2.62 bits per heavy atom. The van der Waals surface area contributed by atoms with Crippen molar-refractivity contribution < 1.29 is 18.7 Å². The topological polar surface area (TPSA) is 109 Å².